The third-order valence-corrected chi connectivity index (χ3v) is 5.21. The molecule has 1 aromatic heterocycles. The molecule has 4 atom stereocenters. The van der Waals surface area contributed by atoms with Crippen molar-refractivity contribution in [1.29, 1.82) is 0 Å². The molecule has 1 aromatic carbocycles. The van der Waals surface area contributed by atoms with E-state index >= 15 is 0 Å². The highest BCUT2D eigenvalue weighted by molar-refractivity contribution is 5.80. The Morgan fingerprint density at radius 1 is 1.25 bits per heavy atom. The minimum Gasteiger partial charge on any atom is -0.354 e. The zero-order valence-electron chi connectivity index (χ0n) is 13.5. The van der Waals surface area contributed by atoms with Gasteiger partial charge in [-0.05, 0) is 46.6 Å². The fourth-order valence-corrected chi connectivity index (χ4v) is 3.93. The molecular weight excluding hydrogens is 302 g/mol. The highest BCUT2D eigenvalue weighted by atomic mass is 16.2. The van der Waals surface area contributed by atoms with Crippen molar-refractivity contribution in [2.45, 2.75) is 25.3 Å². The van der Waals surface area contributed by atoms with Gasteiger partial charge in [-0.25, -0.2) is 4.68 Å². The van der Waals surface area contributed by atoms with Crippen molar-refractivity contribution < 1.29 is 4.79 Å². The second-order valence-corrected chi connectivity index (χ2v) is 6.78. The summed E-state index contributed by atoms with van der Waals surface area (Å²) in [6.07, 6.45) is 9.16. The first-order valence-electron chi connectivity index (χ1n) is 8.52. The minimum atomic E-state index is -0.420. The van der Waals surface area contributed by atoms with Crippen LogP contribution in [0.5, 0.6) is 0 Å². The van der Waals surface area contributed by atoms with Crippen molar-refractivity contribution >= 4 is 5.91 Å². The maximum absolute atomic E-state index is 12.8. The second kappa shape index (κ2) is 6.55. The molecule has 124 valence electrons. The van der Waals surface area contributed by atoms with Gasteiger partial charge in [0.25, 0.3) is 0 Å². The Hall–Kier alpha value is -2.50. The molecule has 6 heteroatoms. The van der Waals surface area contributed by atoms with E-state index < -0.39 is 6.04 Å². The van der Waals surface area contributed by atoms with Crippen LogP contribution in [0.1, 0.15) is 24.4 Å². The van der Waals surface area contributed by atoms with Gasteiger partial charge < -0.3 is 5.32 Å². The number of aromatic nitrogens is 4. The average molecular weight is 323 g/mol. The molecule has 1 amide bonds. The van der Waals surface area contributed by atoms with E-state index in [0.717, 1.165) is 18.0 Å². The third-order valence-electron chi connectivity index (χ3n) is 5.21. The maximum Gasteiger partial charge on any atom is 0.245 e. The van der Waals surface area contributed by atoms with Crippen molar-refractivity contribution in [3.63, 3.8) is 0 Å². The first kappa shape index (κ1) is 15.1. The molecule has 1 saturated carbocycles. The number of carbonyl (C=O) groups is 1. The van der Waals surface area contributed by atoms with Crippen LogP contribution < -0.4 is 5.32 Å². The standard InChI is InChI=1S/C18H21N5O/c24-18(19-11-16-9-14-6-7-15(16)8-14)17(23-12-20-21-22-23)10-13-4-2-1-3-5-13/h1-7,12,14-17H,8-11H2,(H,19,24)/t14-,15+,16-,17+/m1/s1. The van der Waals surface area contributed by atoms with Crippen LogP contribution >= 0.6 is 0 Å². The number of amides is 1. The largest absolute Gasteiger partial charge is 0.354 e. The zero-order chi connectivity index (χ0) is 16.4. The monoisotopic (exact) mass is 323 g/mol. The summed E-state index contributed by atoms with van der Waals surface area (Å²) >= 11 is 0. The van der Waals surface area contributed by atoms with Gasteiger partial charge in [0.15, 0.2) is 0 Å². The smallest absolute Gasteiger partial charge is 0.245 e. The van der Waals surface area contributed by atoms with Crippen molar-refractivity contribution in [1.82, 2.24) is 25.5 Å². The number of carbonyl (C=O) groups excluding carboxylic acids is 1. The highest BCUT2D eigenvalue weighted by Gasteiger charge is 2.36. The summed E-state index contributed by atoms with van der Waals surface area (Å²) in [5, 5.41) is 14.4. The number of tetrazole rings is 1. The van der Waals surface area contributed by atoms with Gasteiger partial charge in [-0.1, -0.05) is 42.5 Å². The molecule has 2 aliphatic carbocycles. The summed E-state index contributed by atoms with van der Waals surface area (Å²) in [6.45, 7) is 0.734. The predicted molar refractivity (Wildman–Crippen MR) is 88.9 cm³/mol. The van der Waals surface area contributed by atoms with Crippen LogP contribution in [0, 0.1) is 17.8 Å². The van der Waals surface area contributed by atoms with Gasteiger partial charge in [-0.2, -0.15) is 0 Å². The number of hydrogen-bond acceptors (Lipinski definition) is 4. The quantitative estimate of drug-likeness (QED) is 0.823. The number of allylic oxidation sites excluding steroid dienone is 2. The van der Waals surface area contributed by atoms with Crippen molar-refractivity contribution in [3.05, 3.63) is 54.4 Å². The molecule has 2 aromatic rings. The molecular formula is C18H21N5O. The topological polar surface area (TPSA) is 72.7 Å². The number of benzene rings is 1. The molecule has 0 radical (unpaired) electrons. The summed E-state index contributed by atoms with van der Waals surface area (Å²) in [5.41, 5.74) is 1.09. The molecule has 0 unspecified atom stereocenters. The molecule has 1 heterocycles. The van der Waals surface area contributed by atoms with Crippen molar-refractivity contribution in [2.75, 3.05) is 6.54 Å². The summed E-state index contributed by atoms with van der Waals surface area (Å²) < 4.78 is 1.54. The molecule has 0 saturated heterocycles. The summed E-state index contributed by atoms with van der Waals surface area (Å²) in [4.78, 5) is 12.8. The van der Waals surface area contributed by atoms with Gasteiger partial charge in [-0.15, -0.1) is 5.10 Å². The fourth-order valence-electron chi connectivity index (χ4n) is 3.93. The van der Waals surface area contributed by atoms with Gasteiger partial charge in [-0.3, -0.25) is 4.79 Å². The Morgan fingerprint density at radius 3 is 2.79 bits per heavy atom. The van der Waals surface area contributed by atoms with E-state index in [2.05, 4.69) is 33.0 Å². The number of rotatable bonds is 6. The molecule has 2 bridgehead atoms. The van der Waals surface area contributed by atoms with Crippen LogP contribution in [0.4, 0.5) is 0 Å². The Morgan fingerprint density at radius 2 is 2.12 bits per heavy atom. The number of fused-ring (bicyclic) bond motifs is 2. The molecule has 4 rings (SSSR count). The molecule has 24 heavy (non-hydrogen) atoms. The van der Waals surface area contributed by atoms with E-state index in [4.69, 9.17) is 0 Å². The van der Waals surface area contributed by atoms with Crippen LogP contribution in [-0.2, 0) is 11.2 Å². The Labute approximate surface area is 140 Å². The van der Waals surface area contributed by atoms with E-state index in [-0.39, 0.29) is 5.91 Å². The number of hydrogen-bond donors (Lipinski definition) is 1. The zero-order valence-corrected chi connectivity index (χ0v) is 13.5. The van der Waals surface area contributed by atoms with E-state index in [1.54, 1.807) is 4.68 Å². The lowest BCUT2D eigenvalue weighted by molar-refractivity contribution is -0.124. The molecule has 0 aliphatic heterocycles. The SMILES string of the molecule is O=C(NC[C@H]1C[C@@H]2C=C[C@H]1C2)[C@H](Cc1ccccc1)n1cnnn1. The summed E-state index contributed by atoms with van der Waals surface area (Å²) in [6, 6.07) is 9.54. The van der Waals surface area contributed by atoms with Gasteiger partial charge in [0.1, 0.15) is 12.4 Å². The third kappa shape index (κ3) is 3.09. The molecule has 1 N–H and O–H groups in total. The second-order valence-electron chi connectivity index (χ2n) is 6.78. The predicted octanol–water partition coefficient (Wildman–Crippen LogP) is 1.79. The van der Waals surface area contributed by atoms with Crippen LogP contribution in [0.3, 0.4) is 0 Å². The first-order valence-corrected chi connectivity index (χ1v) is 8.52. The van der Waals surface area contributed by atoms with E-state index in [0.29, 0.717) is 18.3 Å². The minimum absolute atomic E-state index is 0.0158. The van der Waals surface area contributed by atoms with Gasteiger partial charge in [0.2, 0.25) is 5.91 Å². The normalized spacial score (nSPS) is 25.8. The van der Waals surface area contributed by atoms with Crippen LogP contribution in [0.25, 0.3) is 0 Å². The first-order chi connectivity index (χ1) is 11.8. The van der Waals surface area contributed by atoms with E-state index in [1.807, 2.05) is 30.3 Å². The Bertz CT molecular complexity index is 712. The summed E-state index contributed by atoms with van der Waals surface area (Å²) in [5.74, 6) is 1.90. The van der Waals surface area contributed by atoms with Crippen LogP contribution in [0.2, 0.25) is 0 Å². The average Bonchev–Trinajstić information content (AvgIpc) is 3.36. The van der Waals surface area contributed by atoms with Crippen LogP contribution in [0.15, 0.2) is 48.8 Å². The maximum atomic E-state index is 12.8. The number of nitrogens with zero attached hydrogens (tertiary/aromatic N) is 4. The van der Waals surface area contributed by atoms with E-state index in [9.17, 15) is 4.79 Å². The Kier molecular flexibility index (Phi) is 4.11. The summed E-state index contributed by atoms with van der Waals surface area (Å²) in [7, 11) is 0. The lowest BCUT2D eigenvalue weighted by Crippen LogP contribution is -2.37. The highest BCUT2D eigenvalue weighted by Crippen LogP contribution is 2.42. The Balaban J connectivity index is 1.42. The van der Waals surface area contributed by atoms with Gasteiger partial charge >= 0.3 is 0 Å². The fraction of sp³-hybridized carbons (Fsp3) is 0.444. The van der Waals surface area contributed by atoms with Crippen molar-refractivity contribution in [3.8, 4) is 0 Å². The number of nitrogens with one attached hydrogen (secondary N) is 1. The van der Waals surface area contributed by atoms with Gasteiger partial charge in [0.05, 0.1) is 0 Å². The van der Waals surface area contributed by atoms with E-state index in [1.165, 1.54) is 19.2 Å². The van der Waals surface area contributed by atoms with Gasteiger partial charge in [0, 0.05) is 13.0 Å². The van der Waals surface area contributed by atoms with Crippen LogP contribution in [-0.4, -0.2) is 32.7 Å². The molecule has 2 aliphatic rings. The van der Waals surface area contributed by atoms with Crippen molar-refractivity contribution in [2.24, 2.45) is 17.8 Å². The molecule has 1 fully saturated rings. The molecule has 6 nitrogen and oxygen atoms in total. The lowest BCUT2D eigenvalue weighted by Gasteiger charge is -2.21. The molecule has 0 spiro atoms. The lowest BCUT2D eigenvalue weighted by atomic mass is 9.93.